The summed E-state index contributed by atoms with van der Waals surface area (Å²) < 4.78 is 10.2. The number of anilines is 2. The Kier molecular flexibility index (Phi) is 13.1. The van der Waals surface area contributed by atoms with Crippen molar-refractivity contribution in [2.45, 2.75) is 25.6 Å². The smallest absolute Gasteiger partial charge is 0.332 e. The molecule has 4 aromatic heterocycles. The average Bonchev–Trinajstić information content (AvgIpc) is 3.78. The van der Waals surface area contributed by atoms with Gasteiger partial charge in [-0.3, -0.25) is 37.0 Å². The molecule has 2 fully saturated rings. The first-order chi connectivity index (χ1) is 30.4. The maximum Gasteiger partial charge on any atom is 0.332 e. The van der Waals surface area contributed by atoms with E-state index in [4.69, 9.17) is 9.97 Å². The highest BCUT2D eigenvalue weighted by molar-refractivity contribution is 14.1. The first-order valence-corrected chi connectivity index (χ1v) is 22.2. The van der Waals surface area contributed by atoms with Gasteiger partial charge in [0.15, 0.2) is 22.3 Å². The van der Waals surface area contributed by atoms with Crippen molar-refractivity contribution in [3.63, 3.8) is 0 Å². The van der Waals surface area contributed by atoms with Gasteiger partial charge in [0.25, 0.3) is 11.1 Å². The Morgan fingerprint density at radius 1 is 0.651 bits per heavy atom. The summed E-state index contributed by atoms with van der Waals surface area (Å²) in [5.41, 5.74) is 3.67. The van der Waals surface area contributed by atoms with Gasteiger partial charge in [0.05, 0.1) is 19.7 Å². The van der Waals surface area contributed by atoms with Crippen molar-refractivity contribution in [2.75, 3.05) is 62.2 Å². The van der Waals surface area contributed by atoms with E-state index in [9.17, 15) is 24.3 Å². The number of aromatic nitrogens is 8. The molecule has 0 spiro atoms. The maximum absolute atomic E-state index is 13.3. The molecule has 1 unspecified atom stereocenters. The summed E-state index contributed by atoms with van der Waals surface area (Å²) in [5.74, 6) is 1.76. The molecule has 0 aliphatic carbocycles. The SMILES string of the molecule is Cn1c(=O)c2c(nc(N3CCNCC(Cc4ccccc4)C3)n2Cc2ccccc2I)n(C)c1=O.Cn1c(=O)c2c(nc(N3CCN[C@H](CO)C3)n2Cc2ccccc2)n(C)c1=O. The van der Waals surface area contributed by atoms with Gasteiger partial charge in [-0.1, -0.05) is 78.9 Å². The molecular weight excluding hydrogens is 915 g/mol. The van der Waals surface area contributed by atoms with Crippen molar-refractivity contribution in [2.24, 2.45) is 34.1 Å². The zero-order chi connectivity index (χ0) is 44.4. The van der Waals surface area contributed by atoms with Crippen molar-refractivity contribution < 1.29 is 5.11 Å². The van der Waals surface area contributed by atoms with E-state index in [1.807, 2.05) is 57.7 Å². The number of aryl methyl sites for hydroxylation is 2. The van der Waals surface area contributed by atoms with Crippen LogP contribution in [0.25, 0.3) is 22.3 Å². The third kappa shape index (κ3) is 8.89. The van der Waals surface area contributed by atoms with Crippen LogP contribution in [0.3, 0.4) is 0 Å². The largest absolute Gasteiger partial charge is 0.395 e. The molecule has 330 valence electrons. The van der Waals surface area contributed by atoms with Gasteiger partial charge in [-0.05, 0) is 57.7 Å². The van der Waals surface area contributed by atoms with Crippen LogP contribution in [0.1, 0.15) is 16.7 Å². The van der Waals surface area contributed by atoms with Crippen LogP contribution in [0.4, 0.5) is 11.9 Å². The molecule has 0 radical (unpaired) electrons. The molecular formula is C45H53IN12O5. The Bertz CT molecular complexity index is 2990. The Balaban J connectivity index is 0.000000177. The van der Waals surface area contributed by atoms with Gasteiger partial charge in [0, 0.05) is 83.6 Å². The van der Waals surface area contributed by atoms with Crippen LogP contribution in [0.5, 0.6) is 0 Å². The molecule has 18 heteroatoms. The minimum atomic E-state index is -0.401. The number of aliphatic hydroxyl groups is 1. The normalized spacial score (nSPS) is 16.9. The number of hydrogen-bond acceptors (Lipinski definition) is 11. The van der Waals surface area contributed by atoms with Gasteiger partial charge < -0.3 is 25.5 Å². The monoisotopic (exact) mass is 968 g/mol. The lowest BCUT2D eigenvalue weighted by atomic mass is 9.99. The summed E-state index contributed by atoms with van der Waals surface area (Å²) in [6.45, 7) is 6.30. The molecule has 17 nitrogen and oxygen atoms in total. The Labute approximate surface area is 377 Å². The number of nitrogens with one attached hydrogen (secondary N) is 2. The second kappa shape index (κ2) is 18.9. The van der Waals surface area contributed by atoms with Crippen LogP contribution in [0.2, 0.25) is 0 Å². The summed E-state index contributed by atoms with van der Waals surface area (Å²) in [4.78, 5) is 65.3. The molecule has 0 bridgehead atoms. The van der Waals surface area contributed by atoms with E-state index < -0.39 is 5.69 Å². The van der Waals surface area contributed by atoms with E-state index >= 15 is 0 Å². The van der Waals surface area contributed by atoms with Gasteiger partial charge in [0.1, 0.15) is 0 Å². The zero-order valence-electron chi connectivity index (χ0n) is 35.9. The summed E-state index contributed by atoms with van der Waals surface area (Å²) in [6, 6.07) is 28.5. The fourth-order valence-electron chi connectivity index (χ4n) is 8.60. The van der Waals surface area contributed by atoms with Gasteiger partial charge in [0.2, 0.25) is 11.9 Å². The number of rotatable bonds is 9. The highest BCUT2D eigenvalue weighted by atomic mass is 127. The molecule has 9 rings (SSSR count). The highest BCUT2D eigenvalue weighted by Gasteiger charge is 2.28. The number of aliphatic hydroxyl groups excluding tert-OH is 1. The number of benzene rings is 3. The Hall–Kier alpha value is -5.83. The number of imidazole rings is 2. The number of piperazine rings is 1. The highest BCUT2D eigenvalue weighted by Crippen LogP contribution is 2.26. The fraction of sp³-hybridized carbons (Fsp3) is 0.378. The minimum Gasteiger partial charge on any atom is -0.395 e. The van der Waals surface area contributed by atoms with Crippen LogP contribution in [-0.4, -0.2) is 101 Å². The first-order valence-electron chi connectivity index (χ1n) is 21.1. The van der Waals surface area contributed by atoms with Gasteiger partial charge in [-0.2, -0.15) is 9.97 Å². The second-order valence-electron chi connectivity index (χ2n) is 16.3. The molecule has 2 aliphatic rings. The third-order valence-electron chi connectivity index (χ3n) is 12.0. The van der Waals surface area contributed by atoms with Gasteiger partial charge >= 0.3 is 11.4 Å². The molecule has 3 aromatic carbocycles. The predicted octanol–water partition coefficient (Wildman–Crippen LogP) is 1.61. The van der Waals surface area contributed by atoms with Crippen molar-refractivity contribution in [1.82, 2.24) is 48.0 Å². The molecule has 2 saturated heterocycles. The lowest BCUT2D eigenvalue weighted by Crippen LogP contribution is -2.53. The van der Waals surface area contributed by atoms with Crippen molar-refractivity contribution in [1.29, 1.82) is 0 Å². The van der Waals surface area contributed by atoms with E-state index in [0.29, 0.717) is 66.9 Å². The van der Waals surface area contributed by atoms with Crippen LogP contribution >= 0.6 is 22.6 Å². The molecule has 7 aromatic rings. The number of halogens is 1. The summed E-state index contributed by atoms with van der Waals surface area (Å²) in [6.07, 6.45) is 0.960. The number of fused-ring (bicyclic) bond motifs is 2. The van der Waals surface area contributed by atoms with E-state index in [2.05, 4.69) is 79.4 Å². The van der Waals surface area contributed by atoms with E-state index in [-0.39, 0.29) is 29.5 Å². The average molecular weight is 969 g/mol. The predicted molar refractivity (Wildman–Crippen MR) is 254 cm³/mol. The van der Waals surface area contributed by atoms with Crippen LogP contribution in [0.15, 0.2) is 104 Å². The third-order valence-corrected chi connectivity index (χ3v) is 13.1. The number of hydrogen-bond donors (Lipinski definition) is 3. The van der Waals surface area contributed by atoms with Crippen molar-refractivity contribution in [3.8, 4) is 0 Å². The lowest BCUT2D eigenvalue weighted by Gasteiger charge is -2.33. The van der Waals surface area contributed by atoms with E-state index in [0.717, 1.165) is 57.8 Å². The second-order valence-corrected chi connectivity index (χ2v) is 17.5. The topological polar surface area (TPSA) is 174 Å². The Morgan fingerprint density at radius 3 is 1.76 bits per heavy atom. The molecule has 3 N–H and O–H groups in total. The van der Waals surface area contributed by atoms with Gasteiger partial charge in [-0.15, -0.1) is 0 Å². The molecule has 2 aliphatic heterocycles. The molecule has 0 saturated carbocycles. The quantitative estimate of drug-likeness (QED) is 0.180. The Morgan fingerprint density at radius 2 is 1.17 bits per heavy atom. The molecule has 0 amide bonds. The van der Waals surface area contributed by atoms with Crippen LogP contribution < -0.4 is 42.9 Å². The molecule has 63 heavy (non-hydrogen) atoms. The molecule has 2 atom stereocenters. The van der Waals surface area contributed by atoms with Gasteiger partial charge in [-0.25, -0.2) is 9.59 Å². The maximum atomic E-state index is 13.3. The first kappa shape index (κ1) is 43.8. The van der Waals surface area contributed by atoms with E-state index in [1.54, 1.807) is 14.1 Å². The lowest BCUT2D eigenvalue weighted by molar-refractivity contribution is 0.235. The summed E-state index contributed by atoms with van der Waals surface area (Å²) >= 11 is 2.33. The summed E-state index contributed by atoms with van der Waals surface area (Å²) in [5, 5.41) is 16.4. The minimum absolute atomic E-state index is 0.0235. The van der Waals surface area contributed by atoms with Crippen molar-refractivity contribution in [3.05, 3.63) is 147 Å². The molecule has 6 heterocycles. The van der Waals surface area contributed by atoms with Crippen molar-refractivity contribution >= 4 is 56.8 Å². The van der Waals surface area contributed by atoms with E-state index in [1.165, 1.54) is 33.4 Å². The summed E-state index contributed by atoms with van der Waals surface area (Å²) in [7, 11) is 6.32. The van der Waals surface area contributed by atoms with Crippen LogP contribution in [0, 0.1) is 9.49 Å². The standard InChI is InChI=1S/C26H29IN6O2.C19H24N6O3/c1-30-23-22(24(34)31(2)26(30)35)33(17-20-10-6-7-11-21(20)27)25(29-23)32-13-12-28-15-19(16-32)14-18-8-4-3-5-9-18;1-22-16-15(17(27)23(2)19(22)28)25(10-13-6-4-3-5-7-13)18(21-16)24-9-8-20-14(11-24)12-26/h3-11,19,28H,12-17H2,1-2H3;3-7,14,20,26H,8-12H2,1-2H3/t;14-/m.0/s1. The zero-order valence-corrected chi connectivity index (χ0v) is 38.1. The fourth-order valence-corrected chi connectivity index (χ4v) is 9.16. The van der Waals surface area contributed by atoms with Crippen LogP contribution in [-0.2, 0) is 47.7 Å². The number of nitrogens with zero attached hydrogens (tertiary/aromatic N) is 10.